The zero-order chi connectivity index (χ0) is 18.6. The van der Waals surface area contributed by atoms with Crippen LogP contribution in [0.5, 0.6) is 0 Å². The molecule has 0 saturated carbocycles. The number of pyridine rings is 1. The molecule has 0 bridgehead atoms. The second-order valence-electron chi connectivity index (χ2n) is 6.29. The third kappa shape index (κ3) is 4.35. The van der Waals surface area contributed by atoms with E-state index in [0.29, 0.717) is 31.6 Å². The van der Waals surface area contributed by atoms with E-state index in [9.17, 15) is 14.4 Å². The highest BCUT2D eigenvalue weighted by molar-refractivity contribution is 5.94. The minimum absolute atomic E-state index is 0.0612. The molecular formula is C18H26N4O3. The first kappa shape index (κ1) is 18.9. The summed E-state index contributed by atoms with van der Waals surface area (Å²) < 4.78 is 0. The highest BCUT2D eigenvalue weighted by Crippen LogP contribution is 2.21. The normalized spacial score (nSPS) is 19.6. The summed E-state index contributed by atoms with van der Waals surface area (Å²) in [4.78, 5) is 44.4. The van der Waals surface area contributed by atoms with Crippen LogP contribution >= 0.6 is 0 Å². The van der Waals surface area contributed by atoms with E-state index in [1.54, 1.807) is 21.9 Å². The second-order valence-corrected chi connectivity index (χ2v) is 6.29. The molecule has 7 nitrogen and oxygen atoms in total. The minimum atomic E-state index is -0.515. The van der Waals surface area contributed by atoms with Gasteiger partial charge in [0.1, 0.15) is 6.04 Å². The molecule has 0 unspecified atom stereocenters. The van der Waals surface area contributed by atoms with Gasteiger partial charge in [0.05, 0.1) is 5.56 Å². The molecule has 1 saturated heterocycles. The maximum absolute atomic E-state index is 12.7. The van der Waals surface area contributed by atoms with Crippen molar-refractivity contribution < 1.29 is 14.4 Å². The molecule has 3 amide bonds. The van der Waals surface area contributed by atoms with E-state index in [0.717, 1.165) is 5.69 Å². The molecule has 2 atom stereocenters. The lowest BCUT2D eigenvalue weighted by atomic mass is 10.1. The minimum Gasteiger partial charge on any atom is -0.347 e. The summed E-state index contributed by atoms with van der Waals surface area (Å²) in [6, 6.07) is 2.73. The van der Waals surface area contributed by atoms with E-state index >= 15 is 0 Å². The maximum atomic E-state index is 12.7. The molecule has 0 aromatic carbocycles. The third-order valence-corrected chi connectivity index (χ3v) is 4.57. The molecule has 7 heteroatoms. The Morgan fingerprint density at radius 2 is 1.96 bits per heavy atom. The van der Waals surface area contributed by atoms with Gasteiger partial charge in [0.15, 0.2) is 0 Å². The topological polar surface area (TPSA) is 82.6 Å². The Balaban J connectivity index is 2.08. The van der Waals surface area contributed by atoms with Crippen LogP contribution in [-0.2, 0) is 9.59 Å². The zero-order valence-corrected chi connectivity index (χ0v) is 15.3. The number of rotatable bonds is 5. The standard InChI is InChI=1S/C18H26N4O3/c1-5-21(6-2)18(25)16-9-15(11-22(16)13(4)23)20-17(24)14-8-7-12(3)19-10-14/h7-8,10,15-16H,5-6,9,11H2,1-4H3,(H,20,24)/t15-,16-/m0/s1. The van der Waals surface area contributed by atoms with Gasteiger partial charge in [-0.15, -0.1) is 0 Å². The van der Waals surface area contributed by atoms with Crippen LogP contribution in [0.4, 0.5) is 0 Å². The van der Waals surface area contributed by atoms with Crippen molar-refractivity contribution >= 4 is 17.7 Å². The van der Waals surface area contributed by atoms with Crippen molar-refractivity contribution in [2.45, 2.75) is 46.2 Å². The summed E-state index contributed by atoms with van der Waals surface area (Å²) in [5, 5.41) is 2.92. The van der Waals surface area contributed by atoms with Gasteiger partial charge in [-0.1, -0.05) is 0 Å². The van der Waals surface area contributed by atoms with Gasteiger partial charge in [-0.25, -0.2) is 0 Å². The number of amides is 3. The molecule has 2 heterocycles. The number of hydrogen-bond donors (Lipinski definition) is 1. The summed E-state index contributed by atoms with van der Waals surface area (Å²) in [6.45, 7) is 8.69. The number of carbonyl (C=O) groups is 3. The Hall–Kier alpha value is -2.44. The average Bonchev–Trinajstić information content (AvgIpc) is 3.00. The number of nitrogens with zero attached hydrogens (tertiary/aromatic N) is 3. The molecular weight excluding hydrogens is 320 g/mol. The Morgan fingerprint density at radius 3 is 2.48 bits per heavy atom. The van der Waals surface area contributed by atoms with E-state index < -0.39 is 6.04 Å². The van der Waals surface area contributed by atoms with Crippen LogP contribution in [0.2, 0.25) is 0 Å². The van der Waals surface area contributed by atoms with Gasteiger partial charge in [0, 0.05) is 44.5 Å². The Bertz CT molecular complexity index is 640. The molecule has 25 heavy (non-hydrogen) atoms. The van der Waals surface area contributed by atoms with Crippen LogP contribution in [0.1, 0.15) is 43.2 Å². The van der Waals surface area contributed by atoms with E-state index in [2.05, 4.69) is 10.3 Å². The summed E-state index contributed by atoms with van der Waals surface area (Å²) in [6.07, 6.45) is 1.96. The van der Waals surface area contributed by atoms with Crippen LogP contribution in [0, 0.1) is 6.92 Å². The molecule has 1 N–H and O–H groups in total. The quantitative estimate of drug-likeness (QED) is 0.861. The number of likely N-dealkylation sites (N-methyl/N-ethyl adjacent to an activating group) is 1. The Labute approximate surface area is 148 Å². The van der Waals surface area contributed by atoms with E-state index in [-0.39, 0.29) is 23.8 Å². The van der Waals surface area contributed by atoms with Gasteiger partial charge in [-0.3, -0.25) is 19.4 Å². The Kier molecular flexibility index (Phi) is 6.12. The number of aromatic nitrogens is 1. The monoisotopic (exact) mass is 346 g/mol. The summed E-state index contributed by atoms with van der Waals surface area (Å²) >= 11 is 0. The van der Waals surface area contributed by atoms with Gasteiger partial charge in [-0.05, 0) is 39.3 Å². The first-order valence-corrected chi connectivity index (χ1v) is 8.66. The first-order chi connectivity index (χ1) is 11.9. The van der Waals surface area contributed by atoms with E-state index in [4.69, 9.17) is 0 Å². The first-order valence-electron chi connectivity index (χ1n) is 8.66. The van der Waals surface area contributed by atoms with Gasteiger partial charge in [0.2, 0.25) is 11.8 Å². The molecule has 136 valence electrons. The molecule has 1 aliphatic rings. The van der Waals surface area contributed by atoms with Crippen molar-refractivity contribution in [3.05, 3.63) is 29.6 Å². The predicted octanol–water partition coefficient (Wildman–Crippen LogP) is 0.978. The van der Waals surface area contributed by atoms with Crippen LogP contribution < -0.4 is 5.32 Å². The lowest BCUT2D eigenvalue weighted by Gasteiger charge is -2.28. The molecule has 1 aromatic rings. The second kappa shape index (κ2) is 8.09. The van der Waals surface area contributed by atoms with Crippen LogP contribution in [0.25, 0.3) is 0 Å². The molecule has 0 spiro atoms. The largest absolute Gasteiger partial charge is 0.347 e. The van der Waals surface area contributed by atoms with Gasteiger partial charge in [-0.2, -0.15) is 0 Å². The number of carbonyl (C=O) groups excluding carboxylic acids is 3. The smallest absolute Gasteiger partial charge is 0.253 e. The van der Waals surface area contributed by atoms with Crippen molar-refractivity contribution in [1.82, 2.24) is 20.1 Å². The summed E-state index contributed by atoms with van der Waals surface area (Å²) in [5.41, 5.74) is 1.31. The van der Waals surface area contributed by atoms with Crippen LogP contribution in [-0.4, -0.2) is 64.2 Å². The highest BCUT2D eigenvalue weighted by Gasteiger charge is 2.40. The lowest BCUT2D eigenvalue weighted by Crippen LogP contribution is -2.47. The van der Waals surface area contributed by atoms with Crippen molar-refractivity contribution in [3.63, 3.8) is 0 Å². The third-order valence-electron chi connectivity index (χ3n) is 4.57. The van der Waals surface area contributed by atoms with Crippen LogP contribution in [0.3, 0.4) is 0 Å². The van der Waals surface area contributed by atoms with Crippen molar-refractivity contribution in [3.8, 4) is 0 Å². The van der Waals surface area contributed by atoms with Crippen molar-refractivity contribution in [1.29, 1.82) is 0 Å². The number of likely N-dealkylation sites (tertiary alicyclic amines) is 1. The fourth-order valence-electron chi connectivity index (χ4n) is 3.14. The molecule has 2 rings (SSSR count). The Morgan fingerprint density at radius 1 is 1.28 bits per heavy atom. The van der Waals surface area contributed by atoms with Gasteiger partial charge >= 0.3 is 0 Å². The molecule has 0 radical (unpaired) electrons. The van der Waals surface area contributed by atoms with E-state index in [1.807, 2.05) is 20.8 Å². The summed E-state index contributed by atoms with van der Waals surface area (Å²) in [7, 11) is 0. The molecule has 1 aromatic heterocycles. The fraction of sp³-hybridized carbons (Fsp3) is 0.556. The number of hydrogen-bond acceptors (Lipinski definition) is 4. The molecule has 0 aliphatic carbocycles. The molecule has 1 aliphatic heterocycles. The fourth-order valence-corrected chi connectivity index (χ4v) is 3.14. The average molecular weight is 346 g/mol. The molecule has 1 fully saturated rings. The van der Waals surface area contributed by atoms with Gasteiger partial charge < -0.3 is 15.1 Å². The van der Waals surface area contributed by atoms with Gasteiger partial charge in [0.25, 0.3) is 5.91 Å². The van der Waals surface area contributed by atoms with Crippen LogP contribution in [0.15, 0.2) is 18.3 Å². The summed E-state index contributed by atoms with van der Waals surface area (Å²) in [5.74, 6) is -0.454. The zero-order valence-electron chi connectivity index (χ0n) is 15.3. The van der Waals surface area contributed by atoms with Crippen molar-refractivity contribution in [2.75, 3.05) is 19.6 Å². The predicted molar refractivity (Wildman–Crippen MR) is 93.9 cm³/mol. The number of aryl methyl sites for hydroxylation is 1. The SMILES string of the molecule is CCN(CC)C(=O)[C@@H]1C[C@H](NC(=O)c2ccc(C)nc2)CN1C(C)=O. The number of nitrogens with one attached hydrogen (secondary N) is 1. The highest BCUT2D eigenvalue weighted by atomic mass is 16.2. The van der Waals surface area contributed by atoms with Crippen molar-refractivity contribution in [2.24, 2.45) is 0 Å². The lowest BCUT2D eigenvalue weighted by molar-refractivity contribution is -0.142. The van der Waals surface area contributed by atoms with E-state index in [1.165, 1.54) is 13.1 Å². The maximum Gasteiger partial charge on any atom is 0.253 e.